The molecule has 2 atom stereocenters. The van der Waals surface area contributed by atoms with Crippen LogP contribution in [0.1, 0.15) is 55.8 Å². The summed E-state index contributed by atoms with van der Waals surface area (Å²) in [5, 5.41) is 2.85. The quantitative estimate of drug-likeness (QED) is 0.808. The molecular weight excluding hydrogens is 316 g/mol. The van der Waals surface area contributed by atoms with Gasteiger partial charge in [-0.25, -0.2) is 0 Å². The van der Waals surface area contributed by atoms with Crippen molar-refractivity contribution in [3.63, 3.8) is 0 Å². The molecular formula is C20H26N2O3. The van der Waals surface area contributed by atoms with Gasteiger partial charge in [-0.2, -0.15) is 0 Å². The molecule has 1 saturated heterocycles. The van der Waals surface area contributed by atoms with E-state index in [1.54, 1.807) is 11.8 Å². The first-order valence-electron chi connectivity index (χ1n) is 9.25. The number of amides is 2. The summed E-state index contributed by atoms with van der Waals surface area (Å²) in [6, 6.07) is 8.61. The number of hydrogen-bond donors (Lipinski definition) is 1. The van der Waals surface area contributed by atoms with Crippen LogP contribution < -0.4 is 5.32 Å². The van der Waals surface area contributed by atoms with Gasteiger partial charge in [-0.05, 0) is 32.6 Å². The SMILES string of the molecule is C[C@H](NC(=O)C1CCC1)C(=O)N1CCC[C@H]1CC(=O)c1ccccc1. The summed E-state index contributed by atoms with van der Waals surface area (Å²) in [7, 11) is 0. The summed E-state index contributed by atoms with van der Waals surface area (Å²) in [6.07, 6.45) is 5.03. The fraction of sp³-hybridized carbons (Fsp3) is 0.550. The largest absolute Gasteiger partial charge is 0.344 e. The Bertz CT molecular complexity index is 640. The number of rotatable bonds is 6. The Balaban J connectivity index is 1.57. The molecule has 1 aromatic carbocycles. The second-order valence-electron chi connectivity index (χ2n) is 7.18. The van der Waals surface area contributed by atoms with E-state index in [-0.39, 0.29) is 29.6 Å². The zero-order chi connectivity index (χ0) is 17.8. The minimum Gasteiger partial charge on any atom is -0.344 e. The number of Topliss-reactive ketones (excluding diaryl/α,β-unsaturated/α-hetero) is 1. The summed E-state index contributed by atoms with van der Waals surface area (Å²) < 4.78 is 0. The molecule has 0 bridgehead atoms. The molecule has 5 heteroatoms. The monoisotopic (exact) mass is 342 g/mol. The van der Waals surface area contributed by atoms with Crippen LogP contribution >= 0.6 is 0 Å². The van der Waals surface area contributed by atoms with E-state index in [1.165, 1.54) is 0 Å². The van der Waals surface area contributed by atoms with E-state index in [9.17, 15) is 14.4 Å². The van der Waals surface area contributed by atoms with Crippen molar-refractivity contribution in [3.05, 3.63) is 35.9 Å². The molecule has 0 aromatic heterocycles. The van der Waals surface area contributed by atoms with Crippen molar-refractivity contribution in [1.82, 2.24) is 10.2 Å². The minimum absolute atomic E-state index is 0.0109. The molecule has 1 aliphatic heterocycles. The third kappa shape index (κ3) is 4.09. The second kappa shape index (κ2) is 7.81. The Morgan fingerprint density at radius 2 is 1.84 bits per heavy atom. The highest BCUT2D eigenvalue weighted by molar-refractivity contribution is 5.97. The van der Waals surface area contributed by atoms with Crippen molar-refractivity contribution in [2.24, 2.45) is 5.92 Å². The number of likely N-dealkylation sites (tertiary alicyclic amines) is 1. The lowest BCUT2D eigenvalue weighted by Gasteiger charge is -2.30. The van der Waals surface area contributed by atoms with Crippen LogP contribution in [-0.4, -0.2) is 41.1 Å². The van der Waals surface area contributed by atoms with Crippen LogP contribution in [0.5, 0.6) is 0 Å². The van der Waals surface area contributed by atoms with E-state index >= 15 is 0 Å². The van der Waals surface area contributed by atoms with Gasteiger partial charge in [0.1, 0.15) is 6.04 Å². The molecule has 1 aromatic rings. The van der Waals surface area contributed by atoms with E-state index in [2.05, 4.69) is 5.32 Å². The summed E-state index contributed by atoms with van der Waals surface area (Å²) in [4.78, 5) is 39.0. The van der Waals surface area contributed by atoms with Crippen molar-refractivity contribution in [2.75, 3.05) is 6.54 Å². The van der Waals surface area contributed by atoms with Crippen molar-refractivity contribution in [1.29, 1.82) is 0 Å². The maximum Gasteiger partial charge on any atom is 0.245 e. The summed E-state index contributed by atoms with van der Waals surface area (Å²) >= 11 is 0. The average Bonchev–Trinajstić information content (AvgIpc) is 3.01. The maximum absolute atomic E-state index is 12.7. The van der Waals surface area contributed by atoms with E-state index < -0.39 is 6.04 Å². The zero-order valence-electron chi connectivity index (χ0n) is 14.7. The molecule has 1 heterocycles. The highest BCUT2D eigenvalue weighted by Gasteiger charge is 2.34. The van der Waals surface area contributed by atoms with Crippen molar-refractivity contribution < 1.29 is 14.4 Å². The maximum atomic E-state index is 12.7. The standard InChI is InChI=1S/C20H26N2O3/c1-14(21-19(24)16-9-5-10-16)20(25)22-12-6-11-17(22)13-18(23)15-7-3-2-4-8-15/h2-4,7-8,14,16-17H,5-6,9-13H2,1H3,(H,21,24)/t14-,17-/m0/s1. The number of carbonyl (C=O) groups excluding carboxylic acids is 3. The fourth-order valence-electron chi connectivity index (χ4n) is 3.61. The summed E-state index contributed by atoms with van der Waals surface area (Å²) in [6.45, 7) is 2.41. The summed E-state index contributed by atoms with van der Waals surface area (Å²) in [5.41, 5.74) is 0.688. The normalized spacial score (nSPS) is 21.5. The molecule has 2 fully saturated rings. The molecule has 5 nitrogen and oxygen atoms in total. The predicted molar refractivity (Wildman–Crippen MR) is 95.1 cm³/mol. The van der Waals surface area contributed by atoms with E-state index in [1.807, 2.05) is 30.3 Å². The van der Waals surface area contributed by atoms with Crippen molar-refractivity contribution in [2.45, 2.75) is 57.5 Å². The Morgan fingerprint density at radius 3 is 2.48 bits per heavy atom. The first kappa shape index (κ1) is 17.6. The van der Waals surface area contributed by atoms with Crippen LogP contribution in [0, 0.1) is 5.92 Å². The number of hydrogen-bond acceptors (Lipinski definition) is 3. The van der Waals surface area contributed by atoms with Crippen molar-refractivity contribution >= 4 is 17.6 Å². The van der Waals surface area contributed by atoms with Crippen LogP contribution in [0.4, 0.5) is 0 Å². The Hall–Kier alpha value is -2.17. The van der Waals surface area contributed by atoms with Crippen molar-refractivity contribution in [3.8, 4) is 0 Å². The van der Waals surface area contributed by atoms with Gasteiger partial charge in [-0.3, -0.25) is 14.4 Å². The number of benzene rings is 1. The van der Waals surface area contributed by atoms with E-state index in [4.69, 9.17) is 0 Å². The molecule has 0 unspecified atom stereocenters. The molecule has 1 aliphatic carbocycles. The third-order valence-corrected chi connectivity index (χ3v) is 5.38. The van der Waals surface area contributed by atoms with Crippen LogP contribution in [-0.2, 0) is 9.59 Å². The number of ketones is 1. The lowest BCUT2D eigenvalue weighted by molar-refractivity contribution is -0.138. The smallest absolute Gasteiger partial charge is 0.245 e. The first-order chi connectivity index (χ1) is 12.1. The number of nitrogens with one attached hydrogen (secondary N) is 1. The van der Waals surface area contributed by atoms with Gasteiger partial charge in [0.25, 0.3) is 0 Å². The van der Waals surface area contributed by atoms with Gasteiger partial charge < -0.3 is 10.2 Å². The van der Waals surface area contributed by atoms with Gasteiger partial charge in [0.2, 0.25) is 11.8 Å². The molecule has 0 radical (unpaired) electrons. The molecule has 1 saturated carbocycles. The predicted octanol–water partition coefficient (Wildman–Crippen LogP) is 2.56. The second-order valence-corrected chi connectivity index (χ2v) is 7.18. The molecule has 3 rings (SSSR count). The fourth-order valence-corrected chi connectivity index (χ4v) is 3.61. The molecule has 1 N–H and O–H groups in total. The third-order valence-electron chi connectivity index (χ3n) is 5.38. The van der Waals surface area contributed by atoms with Gasteiger partial charge in [0.05, 0.1) is 0 Å². The lowest BCUT2D eigenvalue weighted by Crippen LogP contribution is -2.50. The Kier molecular flexibility index (Phi) is 5.51. The van der Waals surface area contributed by atoms with E-state index in [0.717, 1.165) is 32.1 Å². The molecule has 2 aliphatic rings. The van der Waals surface area contributed by atoms with Crippen LogP contribution in [0.2, 0.25) is 0 Å². The molecule has 2 amide bonds. The topological polar surface area (TPSA) is 66.5 Å². The van der Waals surface area contributed by atoms with Gasteiger partial charge in [-0.1, -0.05) is 36.8 Å². The number of carbonyl (C=O) groups is 3. The van der Waals surface area contributed by atoms with Gasteiger partial charge >= 0.3 is 0 Å². The van der Waals surface area contributed by atoms with Crippen LogP contribution in [0.25, 0.3) is 0 Å². The average molecular weight is 342 g/mol. The molecule has 0 spiro atoms. The Morgan fingerprint density at radius 1 is 1.12 bits per heavy atom. The summed E-state index contributed by atoms with van der Waals surface area (Å²) in [5.74, 6) is 0.0555. The molecule has 25 heavy (non-hydrogen) atoms. The van der Waals surface area contributed by atoms with E-state index in [0.29, 0.717) is 18.5 Å². The Labute approximate surface area is 148 Å². The first-order valence-corrected chi connectivity index (χ1v) is 9.25. The van der Waals surface area contributed by atoms with Gasteiger partial charge in [0, 0.05) is 30.5 Å². The molecule has 134 valence electrons. The van der Waals surface area contributed by atoms with Crippen LogP contribution in [0.15, 0.2) is 30.3 Å². The van der Waals surface area contributed by atoms with Gasteiger partial charge in [-0.15, -0.1) is 0 Å². The minimum atomic E-state index is -0.527. The van der Waals surface area contributed by atoms with Gasteiger partial charge in [0.15, 0.2) is 5.78 Å². The zero-order valence-corrected chi connectivity index (χ0v) is 14.7. The number of nitrogens with zero attached hydrogens (tertiary/aromatic N) is 1. The van der Waals surface area contributed by atoms with Crippen LogP contribution in [0.3, 0.4) is 0 Å². The highest BCUT2D eigenvalue weighted by Crippen LogP contribution is 2.27. The highest BCUT2D eigenvalue weighted by atomic mass is 16.2. The lowest BCUT2D eigenvalue weighted by atomic mass is 9.84.